The molecule has 2 aromatic carbocycles. The van der Waals surface area contributed by atoms with E-state index in [0.29, 0.717) is 11.3 Å². The van der Waals surface area contributed by atoms with E-state index in [2.05, 4.69) is 5.10 Å². The monoisotopic (exact) mass is 360 g/mol. The van der Waals surface area contributed by atoms with Crippen molar-refractivity contribution in [1.82, 2.24) is 9.78 Å². The molecular formula is C17H13FN2O4S. The van der Waals surface area contributed by atoms with Crippen molar-refractivity contribution in [2.24, 2.45) is 0 Å². The van der Waals surface area contributed by atoms with E-state index in [1.54, 1.807) is 6.07 Å². The second-order valence-corrected chi connectivity index (χ2v) is 7.43. The summed E-state index contributed by atoms with van der Waals surface area (Å²) >= 11 is 0. The minimum atomic E-state index is -3.35. The van der Waals surface area contributed by atoms with Crippen molar-refractivity contribution in [3.8, 4) is 16.9 Å². The number of carbonyl (C=O) groups is 1. The molecule has 0 unspecified atom stereocenters. The van der Waals surface area contributed by atoms with Crippen LogP contribution in [0.5, 0.6) is 0 Å². The number of aromatic carboxylic acids is 1. The quantitative estimate of drug-likeness (QED) is 0.773. The number of rotatable bonds is 4. The highest BCUT2D eigenvalue weighted by molar-refractivity contribution is 7.90. The van der Waals surface area contributed by atoms with Crippen molar-refractivity contribution >= 4 is 15.8 Å². The lowest BCUT2D eigenvalue weighted by Crippen LogP contribution is -1.98. The second kappa shape index (κ2) is 6.14. The van der Waals surface area contributed by atoms with Gasteiger partial charge >= 0.3 is 5.97 Å². The molecule has 0 saturated carbocycles. The summed E-state index contributed by atoms with van der Waals surface area (Å²) in [5.74, 6) is -1.66. The maximum Gasteiger partial charge on any atom is 0.339 e. The van der Waals surface area contributed by atoms with Crippen LogP contribution in [-0.2, 0) is 9.84 Å². The zero-order valence-electron chi connectivity index (χ0n) is 13.0. The predicted octanol–water partition coefficient (Wildman–Crippen LogP) is 2.78. The van der Waals surface area contributed by atoms with Crippen LogP contribution < -0.4 is 0 Å². The molecule has 3 aromatic rings. The third-order valence-electron chi connectivity index (χ3n) is 3.57. The van der Waals surface area contributed by atoms with Crippen molar-refractivity contribution in [2.75, 3.05) is 6.26 Å². The highest BCUT2D eigenvalue weighted by atomic mass is 32.2. The van der Waals surface area contributed by atoms with Crippen molar-refractivity contribution < 1.29 is 22.7 Å². The first-order chi connectivity index (χ1) is 11.8. The second-order valence-electron chi connectivity index (χ2n) is 5.42. The predicted molar refractivity (Wildman–Crippen MR) is 89.0 cm³/mol. The summed E-state index contributed by atoms with van der Waals surface area (Å²) in [5.41, 5.74) is 0.912. The van der Waals surface area contributed by atoms with Gasteiger partial charge in [0.15, 0.2) is 9.84 Å². The van der Waals surface area contributed by atoms with Crippen LogP contribution in [0.4, 0.5) is 4.39 Å². The number of halogens is 1. The SMILES string of the molecule is CS(=O)(=O)c1ccc(-c2nn(-c3cccc(F)c3)cc2C(=O)O)cc1. The first kappa shape index (κ1) is 16.8. The van der Waals surface area contributed by atoms with Gasteiger partial charge in [-0.1, -0.05) is 18.2 Å². The molecule has 6 nitrogen and oxygen atoms in total. The number of nitrogens with zero attached hydrogens (tertiary/aromatic N) is 2. The van der Waals surface area contributed by atoms with Crippen molar-refractivity contribution in [2.45, 2.75) is 4.90 Å². The molecule has 0 amide bonds. The molecule has 1 heterocycles. The molecule has 0 fully saturated rings. The fraction of sp³-hybridized carbons (Fsp3) is 0.0588. The van der Waals surface area contributed by atoms with Gasteiger partial charge in [0.1, 0.15) is 17.1 Å². The molecule has 0 aliphatic carbocycles. The van der Waals surface area contributed by atoms with Crippen LogP contribution >= 0.6 is 0 Å². The van der Waals surface area contributed by atoms with Gasteiger partial charge in [0.2, 0.25) is 0 Å². The van der Waals surface area contributed by atoms with E-state index in [1.807, 2.05) is 0 Å². The number of carboxylic acids is 1. The molecule has 0 aliphatic heterocycles. The number of hydrogen-bond acceptors (Lipinski definition) is 4. The van der Waals surface area contributed by atoms with Crippen molar-refractivity contribution in [3.63, 3.8) is 0 Å². The van der Waals surface area contributed by atoms with E-state index in [9.17, 15) is 22.7 Å². The molecule has 3 rings (SSSR count). The number of benzene rings is 2. The van der Waals surface area contributed by atoms with E-state index in [0.717, 1.165) is 6.26 Å². The van der Waals surface area contributed by atoms with Gasteiger partial charge in [-0.05, 0) is 30.3 Å². The summed E-state index contributed by atoms with van der Waals surface area (Å²) in [7, 11) is -3.35. The highest BCUT2D eigenvalue weighted by Crippen LogP contribution is 2.25. The Morgan fingerprint density at radius 2 is 1.84 bits per heavy atom. The molecule has 0 saturated heterocycles. The first-order valence-corrected chi connectivity index (χ1v) is 9.04. The van der Waals surface area contributed by atoms with Crippen LogP contribution in [0.1, 0.15) is 10.4 Å². The van der Waals surface area contributed by atoms with Gasteiger partial charge in [0, 0.05) is 18.0 Å². The summed E-state index contributed by atoms with van der Waals surface area (Å²) in [6.45, 7) is 0. The topological polar surface area (TPSA) is 89.3 Å². The Hall–Kier alpha value is -3.00. The lowest BCUT2D eigenvalue weighted by molar-refractivity contribution is 0.0697. The summed E-state index contributed by atoms with van der Waals surface area (Å²) in [4.78, 5) is 11.6. The summed E-state index contributed by atoms with van der Waals surface area (Å²) in [6.07, 6.45) is 2.38. The average molecular weight is 360 g/mol. The zero-order chi connectivity index (χ0) is 18.2. The molecule has 1 aromatic heterocycles. The first-order valence-electron chi connectivity index (χ1n) is 7.15. The summed E-state index contributed by atoms with van der Waals surface area (Å²) in [6, 6.07) is 11.3. The Labute approximate surface area is 143 Å². The third-order valence-corrected chi connectivity index (χ3v) is 4.70. The average Bonchev–Trinajstić information content (AvgIpc) is 3.00. The molecule has 8 heteroatoms. The molecule has 0 spiro atoms. The Bertz CT molecular complexity index is 1060. The minimum Gasteiger partial charge on any atom is -0.478 e. The van der Waals surface area contributed by atoms with Crippen LogP contribution in [0.3, 0.4) is 0 Å². The van der Waals surface area contributed by atoms with Gasteiger partial charge in [-0.25, -0.2) is 22.3 Å². The Morgan fingerprint density at radius 1 is 1.16 bits per heavy atom. The van der Waals surface area contributed by atoms with Crippen LogP contribution in [0.15, 0.2) is 59.6 Å². The van der Waals surface area contributed by atoms with E-state index < -0.39 is 21.6 Å². The van der Waals surface area contributed by atoms with Crippen LogP contribution in [-0.4, -0.2) is 35.5 Å². The van der Waals surface area contributed by atoms with Gasteiger partial charge < -0.3 is 5.11 Å². The van der Waals surface area contributed by atoms with Gasteiger partial charge in [0.25, 0.3) is 0 Å². The van der Waals surface area contributed by atoms with E-state index in [4.69, 9.17) is 0 Å². The van der Waals surface area contributed by atoms with Gasteiger partial charge in [-0.2, -0.15) is 5.10 Å². The zero-order valence-corrected chi connectivity index (χ0v) is 13.9. The normalized spacial score (nSPS) is 11.4. The van der Waals surface area contributed by atoms with E-state index in [1.165, 1.54) is 53.3 Å². The Balaban J connectivity index is 2.11. The number of aromatic nitrogens is 2. The standard InChI is InChI=1S/C17H13FN2O4S/c1-25(23,24)14-7-5-11(6-8-14)16-15(17(21)22)10-20(19-16)13-4-2-3-12(18)9-13/h2-10H,1H3,(H,21,22). The lowest BCUT2D eigenvalue weighted by atomic mass is 10.1. The highest BCUT2D eigenvalue weighted by Gasteiger charge is 2.18. The Morgan fingerprint density at radius 3 is 2.40 bits per heavy atom. The van der Waals surface area contributed by atoms with Gasteiger partial charge in [0.05, 0.1) is 10.6 Å². The van der Waals surface area contributed by atoms with Crippen LogP contribution in [0, 0.1) is 5.82 Å². The number of sulfone groups is 1. The molecule has 1 N–H and O–H groups in total. The third kappa shape index (κ3) is 3.43. The smallest absolute Gasteiger partial charge is 0.339 e. The molecule has 0 atom stereocenters. The fourth-order valence-corrected chi connectivity index (χ4v) is 2.99. The minimum absolute atomic E-state index is 0.0728. The van der Waals surface area contributed by atoms with Crippen LogP contribution in [0.2, 0.25) is 0 Å². The molecule has 25 heavy (non-hydrogen) atoms. The molecule has 128 valence electrons. The molecule has 0 radical (unpaired) electrons. The summed E-state index contributed by atoms with van der Waals surface area (Å²) in [5, 5.41) is 13.6. The van der Waals surface area contributed by atoms with Crippen molar-refractivity contribution in [3.05, 3.63) is 66.1 Å². The van der Waals surface area contributed by atoms with E-state index >= 15 is 0 Å². The molecule has 0 aliphatic rings. The van der Waals surface area contributed by atoms with Crippen LogP contribution in [0.25, 0.3) is 16.9 Å². The fourth-order valence-electron chi connectivity index (χ4n) is 2.35. The largest absolute Gasteiger partial charge is 0.478 e. The number of hydrogen-bond donors (Lipinski definition) is 1. The van der Waals surface area contributed by atoms with Gasteiger partial charge in [-0.15, -0.1) is 0 Å². The summed E-state index contributed by atoms with van der Waals surface area (Å²) < 4.78 is 37.7. The molecule has 0 bridgehead atoms. The van der Waals surface area contributed by atoms with E-state index in [-0.39, 0.29) is 16.2 Å². The maximum absolute atomic E-state index is 13.4. The maximum atomic E-state index is 13.4. The molecular weight excluding hydrogens is 347 g/mol. The Kier molecular flexibility index (Phi) is 4.13. The van der Waals surface area contributed by atoms with Crippen molar-refractivity contribution in [1.29, 1.82) is 0 Å². The van der Waals surface area contributed by atoms with Gasteiger partial charge in [-0.3, -0.25) is 0 Å². The lowest BCUT2D eigenvalue weighted by Gasteiger charge is -2.02. The number of carboxylic acid groups (broad SMARTS) is 1.